The van der Waals surface area contributed by atoms with E-state index in [0.717, 1.165) is 12.1 Å². The Kier molecular flexibility index (Phi) is 4.49. The molecule has 2 heterocycles. The summed E-state index contributed by atoms with van der Waals surface area (Å²) in [6.45, 7) is 0. The van der Waals surface area contributed by atoms with Gasteiger partial charge in [0.05, 0.1) is 5.56 Å². The maximum Gasteiger partial charge on any atom is 0.433 e. The molecule has 0 aliphatic rings. The lowest BCUT2D eigenvalue weighted by atomic mass is 10.2. The fourth-order valence-electron chi connectivity index (χ4n) is 2.02. The number of hydrogen-bond donors (Lipinski definition) is 0. The third kappa shape index (κ3) is 3.75. The average Bonchev–Trinajstić information content (AvgIpc) is 2.62. The topological polar surface area (TPSA) is 71.7 Å². The minimum atomic E-state index is -4.72. The van der Waals surface area contributed by atoms with E-state index in [1.165, 1.54) is 30.6 Å². The highest BCUT2D eigenvalue weighted by Gasteiger charge is 2.34. The molecule has 3 rings (SSSR count). The van der Waals surface area contributed by atoms with Gasteiger partial charge in [-0.05, 0) is 24.3 Å². The van der Waals surface area contributed by atoms with E-state index in [0.29, 0.717) is 11.6 Å². The molecule has 0 saturated carbocycles. The van der Waals surface area contributed by atoms with Crippen LogP contribution in [0.25, 0.3) is 11.4 Å². The second kappa shape index (κ2) is 6.76. The molecule has 0 radical (unpaired) electrons. The highest BCUT2D eigenvalue weighted by Crippen LogP contribution is 2.32. The van der Waals surface area contributed by atoms with Crippen LogP contribution in [0, 0.1) is 17.1 Å². The summed E-state index contributed by atoms with van der Waals surface area (Å²) in [6.07, 6.45) is -1.95. The Morgan fingerprint density at radius 1 is 1.00 bits per heavy atom. The van der Waals surface area contributed by atoms with Crippen molar-refractivity contribution in [2.24, 2.45) is 0 Å². The van der Waals surface area contributed by atoms with Crippen molar-refractivity contribution < 1.29 is 22.3 Å². The quantitative estimate of drug-likeness (QED) is 0.649. The summed E-state index contributed by atoms with van der Waals surface area (Å²) in [5.41, 5.74) is -1.11. The Hall–Kier alpha value is -3.54. The highest BCUT2D eigenvalue weighted by molar-refractivity contribution is 5.55. The number of pyridine rings is 1. The number of benzene rings is 1. The Balaban J connectivity index is 2.04. The van der Waals surface area contributed by atoms with Gasteiger partial charge < -0.3 is 4.74 Å². The molecule has 0 N–H and O–H groups in total. The largest absolute Gasteiger partial charge is 0.439 e. The average molecular weight is 360 g/mol. The summed E-state index contributed by atoms with van der Waals surface area (Å²) in [7, 11) is 0. The van der Waals surface area contributed by atoms with Crippen LogP contribution in [0.5, 0.6) is 11.6 Å². The number of halogens is 4. The maximum atomic E-state index is 13.6. The summed E-state index contributed by atoms with van der Waals surface area (Å²) in [5.74, 6) is -1.59. The third-order valence-corrected chi connectivity index (χ3v) is 3.22. The van der Waals surface area contributed by atoms with Crippen LogP contribution in [0.4, 0.5) is 17.6 Å². The smallest absolute Gasteiger partial charge is 0.433 e. The predicted molar refractivity (Wildman–Crippen MR) is 81.5 cm³/mol. The highest BCUT2D eigenvalue weighted by atomic mass is 19.4. The summed E-state index contributed by atoms with van der Waals surface area (Å²) >= 11 is 0. The van der Waals surface area contributed by atoms with Crippen molar-refractivity contribution in [2.75, 3.05) is 0 Å². The zero-order valence-corrected chi connectivity index (χ0v) is 12.8. The fourth-order valence-corrected chi connectivity index (χ4v) is 2.02. The Morgan fingerprint density at radius 3 is 2.35 bits per heavy atom. The van der Waals surface area contributed by atoms with E-state index in [1.54, 1.807) is 6.07 Å². The molecule has 3 aromatic rings. The molecular weight excluding hydrogens is 352 g/mol. The van der Waals surface area contributed by atoms with Gasteiger partial charge in [0, 0.05) is 30.1 Å². The summed E-state index contributed by atoms with van der Waals surface area (Å²) in [5, 5.41) is 8.71. The van der Waals surface area contributed by atoms with Gasteiger partial charge in [0.2, 0.25) is 5.88 Å². The number of aromatic nitrogens is 3. The number of rotatable bonds is 3. The van der Waals surface area contributed by atoms with E-state index in [4.69, 9.17) is 10.00 Å². The Morgan fingerprint density at radius 2 is 1.73 bits per heavy atom. The molecule has 0 spiro atoms. The van der Waals surface area contributed by atoms with Crippen molar-refractivity contribution in [3.8, 4) is 29.1 Å². The molecule has 130 valence electrons. The van der Waals surface area contributed by atoms with Gasteiger partial charge in [-0.1, -0.05) is 0 Å². The van der Waals surface area contributed by atoms with E-state index >= 15 is 0 Å². The molecule has 0 aliphatic carbocycles. The lowest BCUT2D eigenvalue weighted by Crippen LogP contribution is -2.10. The number of nitrogens with zero attached hydrogens (tertiary/aromatic N) is 4. The van der Waals surface area contributed by atoms with Crippen LogP contribution in [-0.4, -0.2) is 15.0 Å². The van der Waals surface area contributed by atoms with Crippen molar-refractivity contribution in [2.45, 2.75) is 6.18 Å². The van der Waals surface area contributed by atoms with E-state index in [-0.39, 0.29) is 17.1 Å². The monoisotopic (exact) mass is 360 g/mol. The van der Waals surface area contributed by atoms with Crippen molar-refractivity contribution >= 4 is 0 Å². The fraction of sp³-hybridized carbons (Fsp3) is 0.0588. The van der Waals surface area contributed by atoms with Gasteiger partial charge in [-0.2, -0.15) is 23.4 Å². The molecule has 0 aliphatic heterocycles. The molecule has 0 saturated heterocycles. The van der Waals surface area contributed by atoms with Gasteiger partial charge in [0.25, 0.3) is 0 Å². The first-order valence-corrected chi connectivity index (χ1v) is 7.11. The van der Waals surface area contributed by atoms with Crippen molar-refractivity contribution in [1.82, 2.24) is 15.0 Å². The first-order valence-electron chi connectivity index (χ1n) is 7.11. The van der Waals surface area contributed by atoms with E-state index in [1.807, 2.05) is 0 Å². The standard InChI is InChI=1S/C17H8F4N4O/c18-13-7-12(2-1-11(13)9-22)26-15-8-14(17(19,20)21)24-16(25-15)10-3-5-23-6-4-10/h1-8H. The first-order chi connectivity index (χ1) is 12.4. The number of nitriles is 1. The minimum Gasteiger partial charge on any atom is -0.439 e. The molecular formula is C17H8F4N4O. The van der Waals surface area contributed by atoms with E-state index in [9.17, 15) is 17.6 Å². The number of hydrogen-bond acceptors (Lipinski definition) is 5. The van der Waals surface area contributed by atoms with Crippen molar-refractivity contribution in [3.63, 3.8) is 0 Å². The molecule has 2 aromatic heterocycles. The van der Waals surface area contributed by atoms with Crippen LogP contribution in [-0.2, 0) is 6.18 Å². The predicted octanol–water partition coefficient (Wildman–Crippen LogP) is 4.36. The van der Waals surface area contributed by atoms with Gasteiger partial charge >= 0.3 is 6.18 Å². The molecule has 9 heteroatoms. The van der Waals surface area contributed by atoms with Gasteiger partial charge in [-0.15, -0.1) is 0 Å². The van der Waals surface area contributed by atoms with Crippen molar-refractivity contribution in [1.29, 1.82) is 5.26 Å². The summed E-state index contributed by atoms with van der Waals surface area (Å²) in [6, 6.07) is 8.43. The van der Waals surface area contributed by atoms with Crippen LogP contribution in [0.2, 0.25) is 0 Å². The van der Waals surface area contributed by atoms with Crippen LogP contribution in [0.3, 0.4) is 0 Å². The van der Waals surface area contributed by atoms with Gasteiger partial charge in [-0.25, -0.2) is 9.37 Å². The zero-order valence-electron chi connectivity index (χ0n) is 12.8. The van der Waals surface area contributed by atoms with Gasteiger partial charge in [-0.3, -0.25) is 4.98 Å². The van der Waals surface area contributed by atoms with Crippen LogP contribution >= 0.6 is 0 Å². The van der Waals surface area contributed by atoms with E-state index < -0.39 is 23.6 Å². The normalized spacial score (nSPS) is 11.0. The molecule has 0 amide bonds. The molecule has 1 aromatic carbocycles. The van der Waals surface area contributed by atoms with Gasteiger partial charge in [0.1, 0.15) is 17.6 Å². The molecule has 5 nitrogen and oxygen atoms in total. The second-order valence-corrected chi connectivity index (χ2v) is 5.00. The molecule has 26 heavy (non-hydrogen) atoms. The number of alkyl halides is 3. The lowest BCUT2D eigenvalue weighted by Gasteiger charge is -2.11. The van der Waals surface area contributed by atoms with Crippen LogP contribution in [0.15, 0.2) is 48.8 Å². The molecule has 0 bridgehead atoms. The minimum absolute atomic E-state index is 0.103. The van der Waals surface area contributed by atoms with Crippen LogP contribution in [0.1, 0.15) is 11.3 Å². The van der Waals surface area contributed by atoms with Crippen LogP contribution < -0.4 is 4.74 Å². The summed E-state index contributed by atoms with van der Waals surface area (Å²) in [4.78, 5) is 11.2. The SMILES string of the molecule is N#Cc1ccc(Oc2cc(C(F)(F)F)nc(-c3ccncc3)n2)cc1F. The first kappa shape index (κ1) is 17.3. The summed E-state index contributed by atoms with van der Waals surface area (Å²) < 4.78 is 58.2. The molecule has 0 fully saturated rings. The second-order valence-electron chi connectivity index (χ2n) is 5.00. The molecule has 0 atom stereocenters. The Bertz CT molecular complexity index is 984. The zero-order chi connectivity index (χ0) is 18.7. The lowest BCUT2D eigenvalue weighted by molar-refractivity contribution is -0.141. The number of ether oxygens (including phenoxy) is 1. The third-order valence-electron chi connectivity index (χ3n) is 3.22. The van der Waals surface area contributed by atoms with Gasteiger partial charge in [0.15, 0.2) is 11.5 Å². The maximum absolute atomic E-state index is 13.6. The van der Waals surface area contributed by atoms with Crippen molar-refractivity contribution in [3.05, 3.63) is 65.9 Å². The Labute approximate surface area is 144 Å². The molecule has 0 unspecified atom stereocenters. The van der Waals surface area contributed by atoms with E-state index in [2.05, 4.69) is 15.0 Å².